The van der Waals surface area contributed by atoms with Crippen molar-refractivity contribution >= 4 is 50.5 Å². The van der Waals surface area contributed by atoms with Crippen LogP contribution < -0.4 is 10.9 Å². The molecule has 2 aromatic rings. The Hall–Kier alpha value is -1.11. The van der Waals surface area contributed by atoms with Gasteiger partial charge in [-0.25, -0.2) is 0 Å². The molecule has 0 aliphatic heterocycles. The lowest BCUT2D eigenvalue weighted by atomic mass is 10.4. The van der Waals surface area contributed by atoms with Gasteiger partial charge in [0.2, 0.25) is 0 Å². The first-order valence-corrected chi connectivity index (χ1v) is 6.50. The van der Waals surface area contributed by atoms with Crippen molar-refractivity contribution < 1.29 is 4.79 Å². The molecule has 0 radical (unpaired) electrons. The van der Waals surface area contributed by atoms with Crippen molar-refractivity contribution in [1.82, 2.24) is 4.98 Å². The minimum absolute atomic E-state index is 0.189. The number of rotatable bonds is 2. The molecule has 0 atom stereocenters. The molecule has 0 fully saturated rings. The number of carbonyl (C=O) groups is 1. The molecular weight excluding hydrogens is 328 g/mol. The number of aromatic nitrogens is 1. The van der Waals surface area contributed by atoms with Gasteiger partial charge in [0.1, 0.15) is 5.69 Å². The molecule has 0 aliphatic carbocycles. The first kappa shape index (κ1) is 12.3. The number of aromatic amines is 1. The second-order valence-corrected chi connectivity index (χ2v) is 5.75. The van der Waals surface area contributed by atoms with Crippen LogP contribution in [-0.4, -0.2) is 10.9 Å². The first-order chi connectivity index (χ1) is 8.06. The molecule has 4 nitrogen and oxygen atoms in total. The number of H-pyrrole nitrogens is 1. The zero-order valence-corrected chi connectivity index (χ0v) is 11.4. The molecule has 2 heterocycles. The number of halogens is 2. The average Bonchev–Trinajstić information content (AvgIpc) is 2.70. The van der Waals surface area contributed by atoms with Crippen LogP contribution in [0, 0.1) is 0 Å². The molecule has 0 unspecified atom stereocenters. The minimum Gasteiger partial charge on any atom is -0.326 e. The van der Waals surface area contributed by atoms with Crippen molar-refractivity contribution in [3.05, 3.63) is 48.4 Å². The van der Waals surface area contributed by atoms with Gasteiger partial charge >= 0.3 is 0 Å². The maximum Gasteiger partial charge on any atom is 0.271 e. The van der Waals surface area contributed by atoms with Crippen molar-refractivity contribution in [2.75, 3.05) is 5.32 Å². The lowest BCUT2D eigenvalue weighted by Gasteiger charge is -2.02. The Kier molecular flexibility index (Phi) is 3.66. The standard InChI is InChI=1S/C10H6BrClN2O2S/c11-5-3-6(9(15)13-4-5)14-10(16)7-1-2-8(12)17-7/h1-4H,(H,13,15)(H,14,16). The van der Waals surface area contributed by atoms with E-state index in [1.54, 1.807) is 12.1 Å². The second kappa shape index (κ2) is 5.03. The molecular formula is C10H6BrClN2O2S. The van der Waals surface area contributed by atoms with Gasteiger partial charge in [-0.1, -0.05) is 11.6 Å². The van der Waals surface area contributed by atoms with Gasteiger partial charge in [-0.3, -0.25) is 9.59 Å². The quantitative estimate of drug-likeness (QED) is 0.887. The fourth-order valence-corrected chi connectivity index (χ4v) is 2.45. The van der Waals surface area contributed by atoms with E-state index in [9.17, 15) is 9.59 Å². The molecule has 0 aromatic carbocycles. The van der Waals surface area contributed by atoms with E-state index in [0.717, 1.165) is 11.3 Å². The van der Waals surface area contributed by atoms with Crippen LogP contribution in [0.1, 0.15) is 9.67 Å². The van der Waals surface area contributed by atoms with Gasteiger partial charge in [-0.2, -0.15) is 0 Å². The molecule has 2 N–H and O–H groups in total. The van der Waals surface area contributed by atoms with Crippen molar-refractivity contribution in [2.24, 2.45) is 0 Å². The SMILES string of the molecule is O=C(Nc1cc(Br)c[nH]c1=O)c1ccc(Cl)s1. The summed E-state index contributed by atoms with van der Waals surface area (Å²) in [7, 11) is 0. The van der Waals surface area contributed by atoms with Crippen LogP contribution in [0.3, 0.4) is 0 Å². The monoisotopic (exact) mass is 332 g/mol. The topological polar surface area (TPSA) is 62.0 Å². The van der Waals surface area contributed by atoms with Crippen LogP contribution in [0.15, 0.2) is 33.7 Å². The van der Waals surface area contributed by atoms with E-state index in [1.807, 2.05) is 0 Å². The summed E-state index contributed by atoms with van der Waals surface area (Å²) in [6.45, 7) is 0. The second-order valence-electron chi connectivity index (χ2n) is 3.12. The van der Waals surface area contributed by atoms with Crippen molar-refractivity contribution in [3.8, 4) is 0 Å². The van der Waals surface area contributed by atoms with Crippen LogP contribution in [-0.2, 0) is 0 Å². The summed E-state index contributed by atoms with van der Waals surface area (Å²) in [6.07, 6.45) is 1.50. The van der Waals surface area contributed by atoms with Gasteiger partial charge in [0.15, 0.2) is 0 Å². The summed E-state index contributed by atoms with van der Waals surface area (Å²) < 4.78 is 1.20. The highest BCUT2D eigenvalue weighted by molar-refractivity contribution is 9.10. The Labute approximate surface area is 114 Å². The number of thiophene rings is 1. The van der Waals surface area contributed by atoms with E-state index in [4.69, 9.17) is 11.6 Å². The molecule has 0 bridgehead atoms. The first-order valence-electron chi connectivity index (χ1n) is 4.51. The van der Waals surface area contributed by atoms with E-state index in [1.165, 1.54) is 12.3 Å². The summed E-state index contributed by atoms with van der Waals surface area (Å²) in [5.41, 5.74) is -0.168. The predicted molar refractivity (Wildman–Crippen MR) is 72.0 cm³/mol. The molecule has 2 rings (SSSR count). The maximum atomic E-state index is 11.8. The molecule has 2 aromatic heterocycles. The van der Waals surface area contributed by atoms with Gasteiger partial charge in [-0.15, -0.1) is 11.3 Å². The Morgan fingerprint density at radius 2 is 2.24 bits per heavy atom. The van der Waals surface area contributed by atoms with Crippen LogP contribution in [0.25, 0.3) is 0 Å². The Bertz CT molecular complexity index is 623. The maximum absolute atomic E-state index is 11.8. The summed E-state index contributed by atoms with van der Waals surface area (Å²) in [4.78, 5) is 26.1. The normalized spacial score (nSPS) is 10.2. The summed E-state index contributed by atoms with van der Waals surface area (Å²) >= 11 is 10.1. The molecule has 0 saturated heterocycles. The van der Waals surface area contributed by atoms with E-state index in [0.29, 0.717) is 13.7 Å². The Morgan fingerprint density at radius 3 is 2.88 bits per heavy atom. The third-order valence-electron chi connectivity index (χ3n) is 1.91. The zero-order chi connectivity index (χ0) is 12.4. The van der Waals surface area contributed by atoms with Gasteiger partial charge < -0.3 is 10.3 Å². The Morgan fingerprint density at radius 1 is 1.47 bits per heavy atom. The van der Waals surface area contributed by atoms with Crippen LogP contribution in [0.4, 0.5) is 5.69 Å². The van der Waals surface area contributed by atoms with Crippen molar-refractivity contribution in [2.45, 2.75) is 0 Å². The third-order valence-corrected chi connectivity index (χ3v) is 3.60. The average molecular weight is 334 g/mol. The Balaban J connectivity index is 2.24. The number of carbonyl (C=O) groups excluding carboxylic acids is 1. The van der Waals surface area contributed by atoms with Gasteiger partial charge in [0.25, 0.3) is 11.5 Å². The highest BCUT2D eigenvalue weighted by atomic mass is 79.9. The summed E-state index contributed by atoms with van der Waals surface area (Å²) in [5.74, 6) is -0.356. The van der Waals surface area contributed by atoms with Crippen LogP contribution >= 0.6 is 38.9 Å². The fraction of sp³-hybridized carbons (Fsp3) is 0. The fourth-order valence-electron chi connectivity index (χ4n) is 1.17. The van der Waals surface area contributed by atoms with E-state index >= 15 is 0 Å². The molecule has 0 spiro atoms. The molecule has 88 valence electrons. The molecule has 0 aliphatic rings. The van der Waals surface area contributed by atoms with Crippen LogP contribution in [0.2, 0.25) is 4.34 Å². The smallest absolute Gasteiger partial charge is 0.271 e. The lowest BCUT2D eigenvalue weighted by Crippen LogP contribution is -2.18. The minimum atomic E-state index is -0.357. The highest BCUT2D eigenvalue weighted by Crippen LogP contribution is 2.22. The van der Waals surface area contributed by atoms with Crippen LogP contribution in [0.5, 0.6) is 0 Å². The van der Waals surface area contributed by atoms with Gasteiger partial charge in [0.05, 0.1) is 9.21 Å². The number of hydrogen-bond donors (Lipinski definition) is 2. The predicted octanol–water partition coefficient (Wildman–Crippen LogP) is 3.10. The molecule has 0 saturated carbocycles. The third kappa shape index (κ3) is 2.96. The van der Waals surface area contributed by atoms with Crippen molar-refractivity contribution in [3.63, 3.8) is 0 Å². The number of anilines is 1. The van der Waals surface area contributed by atoms with E-state index in [-0.39, 0.29) is 17.2 Å². The summed E-state index contributed by atoms with van der Waals surface area (Å²) in [5, 5.41) is 2.52. The largest absolute Gasteiger partial charge is 0.326 e. The van der Waals surface area contributed by atoms with Gasteiger partial charge in [0, 0.05) is 10.7 Å². The highest BCUT2D eigenvalue weighted by Gasteiger charge is 2.11. The number of hydrogen-bond acceptors (Lipinski definition) is 3. The number of amides is 1. The zero-order valence-electron chi connectivity index (χ0n) is 8.29. The number of pyridine rings is 1. The van der Waals surface area contributed by atoms with E-state index < -0.39 is 0 Å². The number of nitrogens with one attached hydrogen (secondary N) is 2. The van der Waals surface area contributed by atoms with Crippen molar-refractivity contribution in [1.29, 1.82) is 0 Å². The summed E-state index contributed by atoms with van der Waals surface area (Å²) in [6, 6.07) is 4.77. The molecule has 17 heavy (non-hydrogen) atoms. The van der Waals surface area contributed by atoms with E-state index in [2.05, 4.69) is 26.2 Å². The van der Waals surface area contributed by atoms with Gasteiger partial charge in [-0.05, 0) is 34.1 Å². The molecule has 1 amide bonds. The lowest BCUT2D eigenvalue weighted by molar-refractivity contribution is 0.103. The molecule has 7 heteroatoms.